The maximum atomic E-state index is 13.8. The lowest BCUT2D eigenvalue weighted by Gasteiger charge is -2.14. The highest BCUT2D eigenvalue weighted by Gasteiger charge is 2.41. The molecule has 182 valence electrons. The van der Waals surface area contributed by atoms with E-state index in [-0.39, 0.29) is 4.68 Å². The van der Waals surface area contributed by atoms with E-state index in [1.807, 2.05) is 5.32 Å². The van der Waals surface area contributed by atoms with Gasteiger partial charge >= 0.3 is 12.4 Å². The van der Waals surface area contributed by atoms with Crippen LogP contribution in [0, 0.1) is 5.82 Å². The molecule has 4 aromatic rings. The lowest BCUT2D eigenvalue weighted by atomic mass is 10.2. The van der Waals surface area contributed by atoms with E-state index in [1.165, 1.54) is 0 Å². The summed E-state index contributed by atoms with van der Waals surface area (Å²) < 4.78 is 95.5. The highest BCUT2D eigenvalue weighted by Crippen LogP contribution is 2.36. The predicted molar refractivity (Wildman–Crippen MR) is 103 cm³/mol. The summed E-state index contributed by atoms with van der Waals surface area (Å²) >= 11 is 0. The molecule has 3 N–H and O–H groups in total. The number of nitrogens with two attached hydrogens (primary N) is 1. The minimum Gasteiger partial charge on any atom is -0.381 e. The molecule has 17 heteroatoms. The van der Waals surface area contributed by atoms with E-state index in [0.717, 1.165) is 30.7 Å². The van der Waals surface area contributed by atoms with E-state index >= 15 is 0 Å². The van der Waals surface area contributed by atoms with Crippen LogP contribution in [-0.4, -0.2) is 40.6 Å². The van der Waals surface area contributed by atoms with Crippen LogP contribution < -0.4 is 11.1 Å². The second-order valence-electron chi connectivity index (χ2n) is 6.72. The van der Waals surface area contributed by atoms with Crippen LogP contribution in [0.4, 0.5) is 42.2 Å². The van der Waals surface area contributed by atoms with Crippen molar-refractivity contribution in [1.29, 1.82) is 0 Å². The van der Waals surface area contributed by atoms with Crippen LogP contribution >= 0.6 is 0 Å². The van der Waals surface area contributed by atoms with Crippen LogP contribution in [0.1, 0.15) is 21.6 Å². The van der Waals surface area contributed by atoms with Crippen molar-refractivity contribution >= 4 is 17.4 Å². The lowest BCUT2D eigenvalue weighted by Crippen LogP contribution is -2.22. The number of carbonyl (C=O) groups is 1. The molecule has 0 saturated heterocycles. The first kappa shape index (κ1) is 23.6. The van der Waals surface area contributed by atoms with Crippen LogP contribution in [0.25, 0.3) is 11.6 Å². The van der Waals surface area contributed by atoms with E-state index in [0.29, 0.717) is 17.1 Å². The molecule has 0 bridgehead atoms. The minimum absolute atomic E-state index is 0.205. The third kappa shape index (κ3) is 4.59. The van der Waals surface area contributed by atoms with E-state index in [4.69, 9.17) is 5.73 Å². The summed E-state index contributed by atoms with van der Waals surface area (Å²) in [6, 6.07) is 2.06. The Kier molecular flexibility index (Phi) is 5.61. The Morgan fingerprint density at radius 1 is 0.971 bits per heavy atom. The van der Waals surface area contributed by atoms with Gasteiger partial charge in [0.1, 0.15) is 5.56 Å². The molecule has 0 spiro atoms. The zero-order chi connectivity index (χ0) is 25.5. The zero-order valence-electron chi connectivity index (χ0n) is 16.8. The van der Waals surface area contributed by atoms with Gasteiger partial charge in [-0.25, -0.2) is 19.0 Å². The average molecular weight is 501 g/mol. The van der Waals surface area contributed by atoms with Gasteiger partial charge in [0.05, 0.1) is 36.0 Å². The molecule has 4 rings (SSSR count). The Balaban J connectivity index is 1.73. The first-order chi connectivity index (χ1) is 16.4. The molecule has 10 nitrogen and oxygen atoms in total. The number of pyridine rings is 2. The largest absolute Gasteiger partial charge is 0.434 e. The van der Waals surface area contributed by atoms with Gasteiger partial charge in [-0.05, 0) is 18.2 Å². The molecule has 35 heavy (non-hydrogen) atoms. The van der Waals surface area contributed by atoms with Crippen molar-refractivity contribution in [2.24, 2.45) is 0 Å². The zero-order valence-corrected chi connectivity index (χ0v) is 16.8. The fraction of sp³-hybridized carbons (Fsp3) is 0.111. The number of hydrogen-bond donors (Lipinski definition) is 2. The number of anilines is 2. The maximum Gasteiger partial charge on any atom is 0.434 e. The van der Waals surface area contributed by atoms with Gasteiger partial charge in [-0.1, -0.05) is 0 Å². The molecule has 0 unspecified atom stereocenters. The third-order valence-corrected chi connectivity index (χ3v) is 4.40. The topological polar surface area (TPSA) is 129 Å². The smallest absolute Gasteiger partial charge is 0.381 e. The Morgan fingerprint density at radius 2 is 1.66 bits per heavy atom. The third-order valence-electron chi connectivity index (χ3n) is 4.40. The first-order valence-corrected chi connectivity index (χ1v) is 9.19. The number of amides is 1. The van der Waals surface area contributed by atoms with Crippen LogP contribution in [0.2, 0.25) is 0 Å². The maximum absolute atomic E-state index is 13.8. The standard InChI is InChI=1S/C18H10F7N9O/c19-11-1-2-12(32-14(11)26)33-13(18(23,24)25)9(7-30-33)16(35)31-8-5-10(17(20,21)22)15(27-6-8)34-28-3-4-29-34/h1-7H,(H2,26,32)(H,31,35). The Morgan fingerprint density at radius 3 is 2.26 bits per heavy atom. The van der Waals surface area contributed by atoms with Crippen LogP contribution in [-0.2, 0) is 12.4 Å². The average Bonchev–Trinajstić information content (AvgIpc) is 3.45. The summed E-state index contributed by atoms with van der Waals surface area (Å²) in [6.45, 7) is 0. The first-order valence-electron chi connectivity index (χ1n) is 9.19. The van der Waals surface area contributed by atoms with Crippen molar-refractivity contribution in [3.63, 3.8) is 0 Å². The van der Waals surface area contributed by atoms with Crippen LogP contribution in [0.15, 0.2) is 43.0 Å². The van der Waals surface area contributed by atoms with Gasteiger partial charge < -0.3 is 11.1 Å². The normalized spacial score (nSPS) is 12.1. The van der Waals surface area contributed by atoms with Gasteiger partial charge in [0.2, 0.25) is 0 Å². The van der Waals surface area contributed by atoms with Crippen molar-refractivity contribution in [1.82, 2.24) is 34.7 Å². The molecule has 0 aliphatic heterocycles. The fourth-order valence-electron chi connectivity index (χ4n) is 2.94. The second kappa shape index (κ2) is 8.33. The number of aromatic nitrogens is 7. The fourth-order valence-corrected chi connectivity index (χ4v) is 2.94. The molecule has 0 aromatic carbocycles. The summed E-state index contributed by atoms with van der Waals surface area (Å²) in [5.74, 6) is -4.42. The van der Waals surface area contributed by atoms with Crippen LogP contribution in [0.3, 0.4) is 0 Å². The monoisotopic (exact) mass is 501 g/mol. The molecule has 1 amide bonds. The number of nitrogen functional groups attached to an aromatic ring is 1. The molecule has 0 atom stereocenters. The van der Waals surface area contributed by atoms with Crippen molar-refractivity contribution in [2.45, 2.75) is 12.4 Å². The molecular weight excluding hydrogens is 491 g/mol. The Hall–Kier alpha value is -4.57. The number of nitrogens with one attached hydrogen (secondary N) is 1. The van der Waals surface area contributed by atoms with Crippen LogP contribution in [0.5, 0.6) is 0 Å². The highest BCUT2D eigenvalue weighted by atomic mass is 19.4. The molecule has 0 saturated carbocycles. The minimum atomic E-state index is -5.17. The summed E-state index contributed by atoms with van der Waals surface area (Å²) in [7, 11) is 0. The molecule has 0 aliphatic rings. The SMILES string of the molecule is Nc1nc(-n2ncc(C(=O)Nc3cnc(-n4nccn4)c(C(F)(F)F)c3)c2C(F)(F)F)ccc1F. The second-order valence-corrected chi connectivity index (χ2v) is 6.72. The molecule has 0 fully saturated rings. The number of carbonyl (C=O) groups excluding carboxylic acids is 1. The van der Waals surface area contributed by atoms with E-state index < -0.39 is 64.0 Å². The van der Waals surface area contributed by atoms with Gasteiger partial charge in [-0.3, -0.25) is 4.79 Å². The van der Waals surface area contributed by atoms with Crippen molar-refractivity contribution in [3.8, 4) is 11.6 Å². The number of alkyl halides is 6. The number of halogens is 7. The molecule has 0 radical (unpaired) electrons. The van der Waals surface area contributed by atoms with E-state index in [2.05, 4.69) is 25.3 Å². The number of hydrogen-bond acceptors (Lipinski definition) is 7. The van der Waals surface area contributed by atoms with E-state index in [1.54, 1.807) is 0 Å². The Labute approximate surface area is 189 Å². The van der Waals surface area contributed by atoms with E-state index in [9.17, 15) is 35.5 Å². The molecular formula is C18H10F7N9O. The van der Waals surface area contributed by atoms with Crippen molar-refractivity contribution < 1.29 is 35.5 Å². The summed E-state index contributed by atoms with van der Waals surface area (Å²) in [4.78, 5) is 20.2. The van der Waals surface area contributed by atoms with Gasteiger partial charge in [0.15, 0.2) is 29.0 Å². The van der Waals surface area contributed by atoms with Crippen molar-refractivity contribution in [3.05, 3.63) is 65.6 Å². The lowest BCUT2D eigenvalue weighted by molar-refractivity contribution is -0.143. The van der Waals surface area contributed by atoms with Gasteiger partial charge in [-0.15, -0.1) is 4.80 Å². The summed E-state index contributed by atoms with van der Waals surface area (Å²) in [6.07, 6.45) is -6.61. The molecule has 4 aromatic heterocycles. The molecule has 0 aliphatic carbocycles. The van der Waals surface area contributed by atoms with Gasteiger partial charge in [0.25, 0.3) is 5.91 Å². The summed E-state index contributed by atoms with van der Waals surface area (Å²) in [5.41, 5.74) is 0.698. The quantitative estimate of drug-likeness (QED) is 0.411. The molecule has 4 heterocycles. The predicted octanol–water partition coefficient (Wildman–Crippen LogP) is 3.25. The van der Waals surface area contributed by atoms with Gasteiger partial charge in [0, 0.05) is 0 Å². The Bertz CT molecular complexity index is 1390. The number of nitrogens with zero attached hydrogens (tertiary/aromatic N) is 7. The highest BCUT2D eigenvalue weighted by molar-refractivity contribution is 6.05. The van der Waals surface area contributed by atoms with Crippen molar-refractivity contribution in [2.75, 3.05) is 11.1 Å². The van der Waals surface area contributed by atoms with Gasteiger partial charge in [-0.2, -0.15) is 41.6 Å². The summed E-state index contributed by atoms with van der Waals surface area (Å²) in [5, 5.41) is 12.5. The number of rotatable bonds is 4.